The monoisotopic (exact) mass is 202 g/mol. The van der Waals surface area contributed by atoms with Gasteiger partial charge in [0, 0.05) is 0 Å². The molecule has 0 aromatic rings. The summed E-state index contributed by atoms with van der Waals surface area (Å²) in [6.07, 6.45) is 2.14. The quantitative estimate of drug-likeness (QED) is 0.442. The van der Waals surface area contributed by atoms with Crippen molar-refractivity contribution in [3.63, 3.8) is 0 Å². The summed E-state index contributed by atoms with van der Waals surface area (Å²) >= 11 is 0. The van der Waals surface area contributed by atoms with Gasteiger partial charge in [0.2, 0.25) is 0 Å². The average molecular weight is 202 g/mol. The van der Waals surface area contributed by atoms with Gasteiger partial charge in [-0.05, 0) is 18.8 Å². The molecule has 1 aliphatic carbocycles. The summed E-state index contributed by atoms with van der Waals surface area (Å²) in [6.45, 7) is 1.81. The van der Waals surface area contributed by atoms with Crippen LogP contribution in [0.15, 0.2) is 0 Å². The van der Waals surface area contributed by atoms with E-state index in [2.05, 4.69) is 0 Å². The molecule has 1 saturated carbocycles. The van der Waals surface area contributed by atoms with E-state index in [0.29, 0.717) is 6.42 Å². The molecule has 1 aliphatic rings. The van der Waals surface area contributed by atoms with E-state index in [1.807, 2.05) is 6.92 Å². The van der Waals surface area contributed by atoms with Crippen LogP contribution >= 0.6 is 0 Å². The molecule has 4 nitrogen and oxygen atoms in total. The van der Waals surface area contributed by atoms with Crippen molar-refractivity contribution in [3.8, 4) is 0 Å². The first-order chi connectivity index (χ1) is 6.04. The molecule has 0 radical (unpaired) electrons. The molecule has 0 aromatic heterocycles. The fourth-order valence-electron chi connectivity index (χ4n) is 2.11. The summed E-state index contributed by atoms with van der Waals surface area (Å²) in [6, 6.07) is 0. The van der Waals surface area contributed by atoms with Gasteiger partial charge in [0.05, 0.1) is 11.8 Å². The molecule has 15 heavy (non-hydrogen) atoms. The van der Waals surface area contributed by atoms with Crippen LogP contribution in [0.2, 0.25) is 0 Å². The largest absolute Gasteiger partial charge is 1.00 e. The van der Waals surface area contributed by atoms with Gasteiger partial charge in [-0.1, -0.05) is 13.3 Å². The van der Waals surface area contributed by atoms with E-state index in [-0.39, 0.29) is 46.5 Å². The molecule has 0 bridgehead atoms. The van der Waals surface area contributed by atoms with Crippen molar-refractivity contribution in [1.29, 1.82) is 0 Å². The number of carboxylic acids is 2. The Labute approximate surface area is 116 Å². The Morgan fingerprint density at radius 3 is 2.00 bits per heavy atom. The van der Waals surface area contributed by atoms with E-state index >= 15 is 0 Å². The van der Waals surface area contributed by atoms with Crippen molar-refractivity contribution in [2.24, 2.45) is 17.8 Å². The minimum atomic E-state index is -0.973. The van der Waals surface area contributed by atoms with E-state index in [9.17, 15) is 9.59 Å². The van der Waals surface area contributed by atoms with Crippen LogP contribution in [-0.2, 0) is 9.59 Å². The fourth-order valence-corrected chi connectivity index (χ4v) is 2.11. The Morgan fingerprint density at radius 1 is 1.13 bits per heavy atom. The van der Waals surface area contributed by atoms with Gasteiger partial charge >= 0.3 is 49.7 Å². The predicted octanol–water partition coefficient (Wildman–Crippen LogP) is -4.56. The SMILES string of the molecule is CC1CCCC(C(=O)O)C1C(=O)O.[H-].[H-].[Li+].[Li+]. The van der Waals surface area contributed by atoms with Gasteiger partial charge in [0.15, 0.2) is 0 Å². The molecule has 0 aromatic carbocycles. The first-order valence-electron chi connectivity index (χ1n) is 4.49. The summed E-state index contributed by atoms with van der Waals surface area (Å²) in [4.78, 5) is 21.6. The van der Waals surface area contributed by atoms with E-state index in [1.165, 1.54) is 0 Å². The second-order valence-electron chi connectivity index (χ2n) is 3.72. The van der Waals surface area contributed by atoms with Gasteiger partial charge < -0.3 is 13.1 Å². The minimum absolute atomic E-state index is 0. The topological polar surface area (TPSA) is 74.6 Å². The van der Waals surface area contributed by atoms with Crippen molar-refractivity contribution in [1.82, 2.24) is 0 Å². The van der Waals surface area contributed by atoms with Crippen LogP contribution < -0.4 is 37.7 Å². The first kappa shape index (κ1) is 17.5. The van der Waals surface area contributed by atoms with Gasteiger partial charge in [-0.25, -0.2) is 0 Å². The third-order valence-electron chi connectivity index (χ3n) is 2.82. The van der Waals surface area contributed by atoms with Crippen LogP contribution in [0.3, 0.4) is 0 Å². The van der Waals surface area contributed by atoms with Crippen LogP contribution in [0.4, 0.5) is 0 Å². The standard InChI is InChI=1S/C9H14O4.2Li.2H/c1-5-3-2-4-6(8(10)11)7(5)9(12)13;;;;/h5-7H,2-4H2,1H3,(H,10,11)(H,12,13);;;;/q;2*+1;2*-1. The van der Waals surface area contributed by atoms with Crippen molar-refractivity contribution in [2.75, 3.05) is 0 Å². The second-order valence-corrected chi connectivity index (χ2v) is 3.72. The average Bonchev–Trinajstić information content (AvgIpc) is 2.02. The smallest absolute Gasteiger partial charge is 1.00 e. The zero-order valence-corrected chi connectivity index (χ0v) is 9.56. The molecule has 0 heterocycles. The van der Waals surface area contributed by atoms with Gasteiger partial charge in [0.25, 0.3) is 0 Å². The van der Waals surface area contributed by atoms with Gasteiger partial charge in [0.1, 0.15) is 0 Å². The van der Waals surface area contributed by atoms with E-state index < -0.39 is 23.8 Å². The van der Waals surface area contributed by atoms with Gasteiger partial charge in [-0.15, -0.1) is 0 Å². The molecule has 0 aliphatic heterocycles. The summed E-state index contributed by atoms with van der Waals surface area (Å²) in [5, 5.41) is 17.7. The van der Waals surface area contributed by atoms with Gasteiger partial charge in [-0.2, -0.15) is 0 Å². The minimum Gasteiger partial charge on any atom is -1.00 e. The molecule has 3 unspecified atom stereocenters. The number of hydrogen-bond acceptors (Lipinski definition) is 2. The number of carboxylic acid groups (broad SMARTS) is 2. The fraction of sp³-hybridized carbons (Fsp3) is 0.778. The Morgan fingerprint density at radius 2 is 1.67 bits per heavy atom. The van der Waals surface area contributed by atoms with Crippen LogP contribution in [0.25, 0.3) is 0 Å². The van der Waals surface area contributed by atoms with Gasteiger partial charge in [-0.3, -0.25) is 9.59 Å². The van der Waals surface area contributed by atoms with Crippen LogP contribution in [0.5, 0.6) is 0 Å². The third-order valence-corrected chi connectivity index (χ3v) is 2.82. The maximum Gasteiger partial charge on any atom is 1.00 e. The molecule has 78 valence electrons. The number of carbonyl (C=O) groups is 2. The molecular formula is C9H16Li2O4. The van der Waals surface area contributed by atoms with Crippen molar-refractivity contribution >= 4 is 11.9 Å². The van der Waals surface area contributed by atoms with E-state index in [1.54, 1.807) is 0 Å². The van der Waals surface area contributed by atoms with E-state index in [0.717, 1.165) is 12.8 Å². The van der Waals surface area contributed by atoms with Crippen LogP contribution in [0.1, 0.15) is 29.0 Å². The molecule has 1 fully saturated rings. The second kappa shape index (κ2) is 7.42. The number of aliphatic carboxylic acids is 2. The Hall–Kier alpha value is 0.135. The third kappa shape index (κ3) is 4.25. The Balaban J connectivity index is -0.000000211. The van der Waals surface area contributed by atoms with E-state index in [4.69, 9.17) is 10.2 Å². The molecule has 0 saturated heterocycles. The maximum absolute atomic E-state index is 10.8. The molecule has 3 atom stereocenters. The molecule has 6 heteroatoms. The maximum atomic E-state index is 10.8. The Kier molecular flexibility index (Phi) is 8.66. The zero-order chi connectivity index (χ0) is 10.0. The summed E-state index contributed by atoms with van der Waals surface area (Å²) < 4.78 is 0. The zero-order valence-electron chi connectivity index (χ0n) is 11.6. The number of rotatable bonds is 2. The van der Waals surface area contributed by atoms with Crippen molar-refractivity contribution < 1.29 is 60.4 Å². The molecule has 0 spiro atoms. The molecular weight excluding hydrogens is 186 g/mol. The predicted molar refractivity (Wildman–Crippen MR) is 47.5 cm³/mol. The van der Waals surface area contributed by atoms with Crippen molar-refractivity contribution in [3.05, 3.63) is 0 Å². The normalized spacial score (nSPS) is 29.5. The van der Waals surface area contributed by atoms with Crippen LogP contribution in [-0.4, -0.2) is 22.2 Å². The van der Waals surface area contributed by atoms with Crippen LogP contribution in [0, 0.1) is 17.8 Å². The van der Waals surface area contributed by atoms with Crippen molar-refractivity contribution in [2.45, 2.75) is 26.2 Å². The molecule has 2 N–H and O–H groups in total. The number of hydrogen-bond donors (Lipinski definition) is 2. The summed E-state index contributed by atoms with van der Waals surface area (Å²) in [5.41, 5.74) is 0. The summed E-state index contributed by atoms with van der Waals surface area (Å²) in [7, 11) is 0. The Bertz CT molecular complexity index is 241. The first-order valence-corrected chi connectivity index (χ1v) is 4.49. The summed E-state index contributed by atoms with van der Waals surface area (Å²) in [5.74, 6) is -3.36. The molecule has 0 amide bonds. The molecule has 1 rings (SSSR count).